The predicted octanol–water partition coefficient (Wildman–Crippen LogP) is 4.47. The van der Waals surface area contributed by atoms with Crippen molar-refractivity contribution < 1.29 is 22.7 Å². The van der Waals surface area contributed by atoms with Gasteiger partial charge in [-0.25, -0.2) is 9.97 Å². The van der Waals surface area contributed by atoms with Gasteiger partial charge in [0, 0.05) is 35.8 Å². The van der Waals surface area contributed by atoms with E-state index in [0.717, 1.165) is 6.42 Å². The maximum absolute atomic E-state index is 12.9. The van der Waals surface area contributed by atoms with Crippen LogP contribution in [0.5, 0.6) is 5.75 Å². The van der Waals surface area contributed by atoms with Crippen LogP contribution in [0.4, 0.5) is 24.7 Å². The number of anilines is 2. The molecule has 3 N–H and O–H groups in total. The summed E-state index contributed by atoms with van der Waals surface area (Å²) < 4.78 is 40.8. The van der Waals surface area contributed by atoms with Crippen LogP contribution < -0.4 is 15.8 Å². The molecule has 0 radical (unpaired) electrons. The van der Waals surface area contributed by atoms with Crippen molar-refractivity contribution in [1.82, 2.24) is 14.9 Å². The van der Waals surface area contributed by atoms with Gasteiger partial charge in [0.15, 0.2) is 0 Å². The van der Waals surface area contributed by atoms with Gasteiger partial charge in [-0.1, -0.05) is 6.92 Å². The largest absolute Gasteiger partial charge is 0.573 e. The molecule has 0 aliphatic heterocycles. The van der Waals surface area contributed by atoms with Crippen molar-refractivity contribution >= 4 is 28.3 Å². The summed E-state index contributed by atoms with van der Waals surface area (Å²) in [5.41, 5.74) is 7.44. The van der Waals surface area contributed by atoms with Crippen molar-refractivity contribution in [3.05, 3.63) is 54.4 Å². The fourth-order valence-corrected chi connectivity index (χ4v) is 3.24. The Morgan fingerprint density at radius 2 is 1.91 bits per heavy atom. The molecule has 32 heavy (non-hydrogen) atoms. The smallest absolute Gasteiger partial charge is 0.406 e. The highest BCUT2D eigenvalue weighted by Gasteiger charge is 2.31. The molecule has 0 aliphatic rings. The summed E-state index contributed by atoms with van der Waals surface area (Å²) >= 11 is 0. The van der Waals surface area contributed by atoms with E-state index >= 15 is 0 Å². The Morgan fingerprint density at radius 1 is 1.19 bits per heavy atom. The molecule has 0 saturated heterocycles. The number of hydrogen-bond donors (Lipinski definition) is 2. The van der Waals surface area contributed by atoms with E-state index in [1.807, 2.05) is 13.8 Å². The minimum Gasteiger partial charge on any atom is -0.406 e. The van der Waals surface area contributed by atoms with Crippen molar-refractivity contribution in [2.75, 3.05) is 18.4 Å². The average molecular weight is 447 g/mol. The van der Waals surface area contributed by atoms with Crippen LogP contribution in [0.1, 0.15) is 30.6 Å². The second kappa shape index (κ2) is 9.82. The first kappa shape index (κ1) is 23.3. The Bertz CT molecular complexity index is 1070. The number of carbonyl (C=O) groups is 1. The van der Waals surface area contributed by atoms with E-state index in [9.17, 15) is 18.0 Å². The topological polar surface area (TPSA) is 93.4 Å². The zero-order valence-electron chi connectivity index (χ0n) is 17.7. The van der Waals surface area contributed by atoms with Crippen LogP contribution in [0.3, 0.4) is 0 Å². The Morgan fingerprint density at radius 3 is 2.53 bits per heavy atom. The summed E-state index contributed by atoms with van der Waals surface area (Å²) in [5, 5.41) is 3.72. The number of halogens is 3. The van der Waals surface area contributed by atoms with Gasteiger partial charge in [0.05, 0.1) is 5.52 Å². The van der Waals surface area contributed by atoms with Crippen molar-refractivity contribution in [2.45, 2.75) is 32.7 Å². The van der Waals surface area contributed by atoms with Gasteiger partial charge in [-0.15, -0.1) is 13.2 Å². The number of nitrogens with one attached hydrogen (secondary N) is 1. The van der Waals surface area contributed by atoms with E-state index in [1.54, 1.807) is 23.1 Å². The Labute approximate surface area is 183 Å². The minimum absolute atomic E-state index is 0.126. The van der Waals surface area contributed by atoms with E-state index in [1.165, 1.54) is 30.6 Å². The van der Waals surface area contributed by atoms with Gasteiger partial charge < -0.3 is 20.7 Å². The highest BCUT2D eigenvalue weighted by molar-refractivity contribution is 6.00. The molecule has 1 amide bonds. The zero-order chi connectivity index (χ0) is 23.3. The Kier molecular flexibility index (Phi) is 7.14. The second-order valence-corrected chi connectivity index (χ2v) is 7.38. The summed E-state index contributed by atoms with van der Waals surface area (Å²) in [5.74, 6) is 0.0149. The number of rotatable bonds is 8. The second-order valence-electron chi connectivity index (χ2n) is 7.38. The molecule has 0 aliphatic carbocycles. The Balaban J connectivity index is 1.82. The number of ether oxygens (including phenoxy) is 1. The SMILES string of the molecule is CCCN(CC(C)N)C(=O)c1ccc2c(Nc3ccc(OC(F)(F)F)cc3)ncnc2c1. The van der Waals surface area contributed by atoms with Crippen molar-refractivity contribution in [3.8, 4) is 5.75 Å². The monoisotopic (exact) mass is 447 g/mol. The summed E-state index contributed by atoms with van der Waals surface area (Å²) in [4.78, 5) is 23.1. The van der Waals surface area contributed by atoms with E-state index < -0.39 is 6.36 Å². The number of alkyl halides is 3. The summed E-state index contributed by atoms with van der Waals surface area (Å²) in [6.45, 7) is 4.90. The quantitative estimate of drug-likeness (QED) is 0.529. The van der Waals surface area contributed by atoms with Gasteiger partial charge in [-0.3, -0.25) is 4.79 Å². The fraction of sp³-hybridized carbons (Fsp3) is 0.318. The van der Waals surface area contributed by atoms with Crippen LogP contribution in [0.25, 0.3) is 10.9 Å². The number of fused-ring (bicyclic) bond motifs is 1. The molecule has 1 heterocycles. The number of aromatic nitrogens is 2. The maximum atomic E-state index is 12.9. The Hall–Kier alpha value is -3.40. The molecule has 0 fully saturated rings. The van der Waals surface area contributed by atoms with Crippen LogP contribution in [-0.2, 0) is 0 Å². The van der Waals surface area contributed by atoms with Crippen molar-refractivity contribution in [1.29, 1.82) is 0 Å². The first-order chi connectivity index (χ1) is 15.2. The van der Waals surface area contributed by atoms with Gasteiger partial charge in [0.1, 0.15) is 17.9 Å². The van der Waals surface area contributed by atoms with Gasteiger partial charge in [-0.05, 0) is 55.8 Å². The standard InChI is InChI=1S/C22H24F3N5O2/c1-3-10-30(12-14(2)26)21(31)15-4-9-18-19(11-15)27-13-28-20(18)29-16-5-7-17(8-6-16)32-22(23,24)25/h4-9,11,13-14H,3,10,12,26H2,1-2H3,(H,27,28,29). The van der Waals surface area contributed by atoms with Crippen molar-refractivity contribution in [3.63, 3.8) is 0 Å². The molecule has 1 atom stereocenters. The number of nitrogens with two attached hydrogens (primary N) is 1. The highest BCUT2D eigenvalue weighted by atomic mass is 19.4. The summed E-state index contributed by atoms with van der Waals surface area (Å²) in [6.07, 6.45) is -2.58. The molecule has 3 rings (SSSR count). The highest BCUT2D eigenvalue weighted by Crippen LogP contribution is 2.27. The molecular weight excluding hydrogens is 423 g/mol. The molecule has 0 bridgehead atoms. The molecule has 1 unspecified atom stereocenters. The average Bonchev–Trinajstić information content (AvgIpc) is 2.73. The van der Waals surface area contributed by atoms with Gasteiger partial charge in [0.2, 0.25) is 0 Å². The summed E-state index contributed by atoms with van der Waals surface area (Å²) in [6, 6.07) is 10.3. The zero-order valence-corrected chi connectivity index (χ0v) is 17.7. The lowest BCUT2D eigenvalue weighted by molar-refractivity contribution is -0.274. The van der Waals surface area contributed by atoms with E-state index in [-0.39, 0.29) is 17.7 Å². The van der Waals surface area contributed by atoms with E-state index in [4.69, 9.17) is 5.73 Å². The van der Waals surface area contributed by atoms with Crippen LogP contribution >= 0.6 is 0 Å². The summed E-state index contributed by atoms with van der Waals surface area (Å²) in [7, 11) is 0. The molecule has 0 spiro atoms. The van der Waals surface area contributed by atoms with Gasteiger partial charge in [0.25, 0.3) is 5.91 Å². The number of benzene rings is 2. The first-order valence-electron chi connectivity index (χ1n) is 10.1. The third-order valence-electron chi connectivity index (χ3n) is 4.52. The molecule has 7 nitrogen and oxygen atoms in total. The number of nitrogens with zero attached hydrogens (tertiary/aromatic N) is 3. The number of carbonyl (C=O) groups excluding carboxylic acids is 1. The molecule has 1 aromatic heterocycles. The van der Waals surface area contributed by atoms with Gasteiger partial charge in [-0.2, -0.15) is 0 Å². The maximum Gasteiger partial charge on any atom is 0.573 e. The lowest BCUT2D eigenvalue weighted by Crippen LogP contribution is -2.40. The lowest BCUT2D eigenvalue weighted by Gasteiger charge is -2.24. The molecule has 3 aromatic rings. The molecular formula is C22H24F3N5O2. The third kappa shape index (κ3) is 6.07. The molecule has 0 saturated carbocycles. The van der Waals surface area contributed by atoms with Gasteiger partial charge >= 0.3 is 6.36 Å². The number of amides is 1. The fourth-order valence-electron chi connectivity index (χ4n) is 3.24. The molecule has 170 valence electrons. The number of hydrogen-bond acceptors (Lipinski definition) is 6. The minimum atomic E-state index is -4.75. The van der Waals surface area contributed by atoms with Crippen LogP contribution in [0.2, 0.25) is 0 Å². The predicted molar refractivity (Wildman–Crippen MR) is 116 cm³/mol. The first-order valence-corrected chi connectivity index (χ1v) is 10.1. The lowest BCUT2D eigenvalue weighted by atomic mass is 10.1. The molecule has 2 aromatic carbocycles. The third-order valence-corrected chi connectivity index (χ3v) is 4.52. The van der Waals surface area contributed by atoms with Crippen molar-refractivity contribution in [2.24, 2.45) is 5.73 Å². The van der Waals surface area contributed by atoms with Crippen LogP contribution in [0.15, 0.2) is 48.8 Å². The van der Waals surface area contributed by atoms with Crippen LogP contribution in [0, 0.1) is 0 Å². The normalized spacial score (nSPS) is 12.4. The van der Waals surface area contributed by atoms with Crippen LogP contribution in [-0.4, -0.2) is 46.3 Å². The van der Waals surface area contributed by atoms with E-state index in [0.29, 0.717) is 41.1 Å². The van der Waals surface area contributed by atoms with E-state index in [2.05, 4.69) is 20.0 Å². The molecule has 10 heteroatoms.